The molecule has 0 fully saturated rings. The van der Waals surface area contributed by atoms with Crippen LogP contribution in [0.25, 0.3) is 10.8 Å². The van der Waals surface area contributed by atoms with E-state index in [0.29, 0.717) is 22.7 Å². The van der Waals surface area contributed by atoms with Gasteiger partial charge in [-0.25, -0.2) is 4.79 Å². The molecule has 178 valence electrons. The second-order valence-corrected chi connectivity index (χ2v) is 8.54. The molecule has 4 aromatic rings. The highest BCUT2D eigenvalue weighted by molar-refractivity contribution is 7.13. The zero-order valence-electron chi connectivity index (χ0n) is 18.4. The molecule has 0 radical (unpaired) electrons. The van der Waals surface area contributed by atoms with Crippen molar-refractivity contribution in [2.24, 2.45) is 0 Å². The van der Waals surface area contributed by atoms with E-state index in [9.17, 15) is 14.4 Å². The number of ether oxygens (including phenoxy) is 2. The molecule has 0 atom stereocenters. The van der Waals surface area contributed by atoms with E-state index in [1.165, 1.54) is 11.3 Å². The van der Waals surface area contributed by atoms with E-state index in [1.54, 1.807) is 36.4 Å². The van der Waals surface area contributed by atoms with Gasteiger partial charge in [-0.1, -0.05) is 24.3 Å². The molecule has 0 unspecified atom stereocenters. The van der Waals surface area contributed by atoms with Crippen molar-refractivity contribution in [3.05, 3.63) is 81.7 Å². The van der Waals surface area contributed by atoms with E-state index < -0.39 is 5.76 Å². The molecule has 1 aliphatic heterocycles. The molecule has 5 rings (SSSR count). The Morgan fingerprint density at radius 3 is 2.77 bits per heavy atom. The second-order valence-electron chi connectivity index (χ2n) is 7.59. The first-order chi connectivity index (χ1) is 17.1. The number of carbonyl (C=O) groups excluding carboxylic acids is 2. The number of rotatable bonds is 8. The van der Waals surface area contributed by atoms with E-state index in [1.807, 2.05) is 23.6 Å². The first-order valence-electron chi connectivity index (χ1n) is 10.7. The van der Waals surface area contributed by atoms with Crippen molar-refractivity contribution in [3.8, 4) is 22.3 Å². The van der Waals surface area contributed by atoms with Gasteiger partial charge in [0, 0.05) is 13.0 Å². The first-order valence-corrected chi connectivity index (χ1v) is 11.6. The van der Waals surface area contributed by atoms with Gasteiger partial charge in [-0.3, -0.25) is 9.59 Å². The third-order valence-electron chi connectivity index (χ3n) is 5.22. The fraction of sp³-hybridized carbons (Fsp3) is 0.167. The number of thiophene rings is 1. The molecule has 11 heteroatoms. The van der Waals surface area contributed by atoms with Crippen molar-refractivity contribution in [3.63, 3.8) is 0 Å². The Hall–Kier alpha value is -4.38. The van der Waals surface area contributed by atoms with Crippen LogP contribution in [0.15, 0.2) is 69.2 Å². The summed E-state index contributed by atoms with van der Waals surface area (Å²) < 4.78 is 16.9. The molecule has 35 heavy (non-hydrogen) atoms. The Kier molecular flexibility index (Phi) is 6.31. The monoisotopic (exact) mass is 492 g/mol. The maximum absolute atomic E-state index is 12.8. The maximum atomic E-state index is 12.8. The van der Waals surface area contributed by atoms with E-state index in [2.05, 4.69) is 15.7 Å². The fourth-order valence-electron chi connectivity index (χ4n) is 3.49. The third-order valence-corrected chi connectivity index (χ3v) is 6.08. The molecule has 2 aromatic heterocycles. The topological polar surface area (TPSA) is 125 Å². The molecule has 0 bridgehead atoms. The number of amides is 2. The maximum Gasteiger partial charge on any atom is 0.437 e. The molecule has 2 aromatic carbocycles. The quantitative estimate of drug-likeness (QED) is 0.387. The molecule has 2 N–H and O–H groups in total. The molecule has 10 nitrogen and oxygen atoms in total. The lowest BCUT2D eigenvalue weighted by atomic mass is 10.1. The Labute approximate surface area is 203 Å². The molecule has 3 heterocycles. The van der Waals surface area contributed by atoms with Crippen molar-refractivity contribution in [2.45, 2.75) is 19.5 Å². The number of aromatic nitrogens is 2. The molecule has 0 aliphatic carbocycles. The van der Waals surface area contributed by atoms with Gasteiger partial charge in [-0.05, 0) is 41.3 Å². The summed E-state index contributed by atoms with van der Waals surface area (Å²) in [5, 5.41) is 11.6. The molecular formula is C24H20N4O6S. The average molecular weight is 493 g/mol. The minimum Gasteiger partial charge on any atom is -0.454 e. The third kappa shape index (κ3) is 5.09. The minimum atomic E-state index is -0.635. The molecule has 1 aliphatic rings. The molecule has 0 saturated heterocycles. The number of nitrogens with zero attached hydrogens (tertiary/aromatic N) is 2. The first kappa shape index (κ1) is 22.4. The van der Waals surface area contributed by atoms with Crippen LogP contribution < -0.4 is 25.9 Å². The number of anilines is 1. The van der Waals surface area contributed by atoms with Crippen LogP contribution in [0.2, 0.25) is 0 Å². The second kappa shape index (κ2) is 9.85. The van der Waals surface area contributed by atoms with Gasteiger partial charge >= 0.3 is 5.76 Å². The number of hydrogen-bond donors (Lipinski definition) is 2. The van der Waals surface area contributed by atoms with Gasteiger partial charge in [0.25, 0.3) is 11.8 Å². The SMILES string of the molecule is O=C(CCn1nc(-c2cccs2)oc1=O)Nc1ccccc1C(=O)NCc1ccc2c(c1)OCO2. The number of fused-ring (bicyclic) bond motifs is 1. The smallest absolute Gasteiger partial charge is 0.437 e. The predicted octanol–water partition coefficient (Wildman–Crippen LogP) is 3.25. The molecule has 0 saturated carbocycles. The Morgan fingerprint density at radius 2 is 1.91 bits per heavy atom. The summed E-state index contributed by atoms with van der Waals surface area (Å²) in [7, 11) is 0. The van der Waals surface area contributed by atoms with Gasteiger partial charge in [0.1, 0.15) is 0 Å². The van der Waals surface area contributed by atoms with Gasteiger partial charge < -0.3 is 24.5 Å². The number of benzene rings is 2. The number of carbonyl (C=O) groups is 2. The van der Waals surface area contributed by atoms with Gasteiger partial charge in [-0.15, -0.1) is 16.4 Å². The Bertz CT molecular complexity index is 1430. The summed E-state index contributed by atoms with van der Waals surface area (Å²) >= 11 is 1.40. The van der Waals surface area contributed by atoms with Crippen molar-refractivity contribution >= 4 is 28.8 Å². The number of para-hydroxylation sites is 1. The summed E-state index contributed by atoms with van der Waals surface area (Å²) in [6.45, 7) is 0.497. The highest BCUT2D eigenvalue weighted by Gasteiger charge is 2.17. The largest absolute Gasteiger partial charge is 0.454 e. The van der Waals surface area contributed by atoms with Gasteiger partial charge in [0.15, 0.2) is 11.5 Å². The van der Waals surface area contributed by atoms with Crippen LogP contribution in [0.4, 0.5) is 5.69 Å². The molecule has 2 amide bonds. The number of nitrogens with one attached hydrogen (secondary N) is 2. The predicted molar refractivity (Wildman–Crippen MR) is 127 cm³/mol. The lowest BCUT2D eigenvalue weighted by Gasteiger charge is -2.12. The molecule has 0 spiro atoms. The van der Waals surface area contributed by atoms with E-state index >= 15 is 0 Å². The van der Waals surface area contributed by atoms with Crippen LogP contribution >= 0.6 is 11.3 Å². The van der Waals surface area contributed by atoms with Crippen molar-refractivity contribution < 1.29 is 23.5 Å². The van der Waals surface area contributed by atoms with Gasteiger partial charge in [0.2, 0.25) is 12.7 Å². The standard InChI is InChI=1S/C24H20N4O6S/c29-21(9-10-28-24(31)34-23(27-28)20-6-3-11-35-20)26-17-5-2-1-4-16(17)22(30)25-13-15-7-8-18-19(12-15)33-14-32-18/h1-8,11-12H,9-10,13-14H2,(H,25,30)(H,26,29). The zero-order valence-corrected chi connectivity index (χ0v) is 19.2. The summed E-state index contributed by atoms with van der Waals surface area (Å²) in [5.41, 5.74) is 1.54. The van der Waals surface area contributed by atoms with Gasteiger partial charge in [0.05, 0.1) is 22.7 Å². The minimum absolute atomic E-state index is 0.0243. The van der Waals surface area contributed by atoms with Crippen LogP contribution in [0, 0.1) is 0 Å². The van der Waals surface area contributed by atoms with Crippen molar-refractivity contribution in [1.29, 1.82) is 0 Å². The Morgan fingerprint density at radius 1 is 1.06 bits per heavy atom. The highest BCUT2D eigenvalue weighted by atomic mass is 32.1. The van der Waals surface area contributed by atoms with E-state index in [0.717, 1.165) is 15.1 Å². The van der Waals surface area contributed by atoms with Crippen LogP contribution in [-0.4, -0.2) is 28.4 Å². The fourth-order valence-corrected chi connectivity index (χ4v) is 4.13. The zero-order chi connectivity index (χ0) is 24.2. The van der Waals surface area contributed by atoms with Crippen LogP contribution in [0.5, 0.6) is 11.5 Å². The van der Waals surface area contributed by atoms with Crippen molar-refractivity contribution in [2.75, 3.05) is 12.1 Å². The summed E-state index contributed by atoms with van der Waals surface area (Å²) in [4.78, 5) is 38.1. The molecular weight excluding hydrogens is 472 g/mol. The van der Waals surface area contributed by atoms with Crippen molar-refractivity contribution in [1.82, 2.24) is 15.1 Å². The number of aryl methyl sites for hydroxylation is 1. The van der Waals surface area contributed by atoms with Gasteiger partial charge in [-0.2, -0.15) is 4.68 Å². The van der Waals surface area contributed by atoms with Crippen LogP contribution in [-0.2, 0) is 17.9 Å². The summed E-state index contributed by atoms with van der Waals surface area (Å²) in [6.07, 6.45) is -0.0243. The summed E-state index contributed by atoms with van der Waals surface area (Å²) in [5.74, 6) is 0.182. The normalized spacial score (nSPS) is 11.9. The number of hydrogen-bond acceptors (Lipinski definition) is 8. The van der Waals surface area contributed by atoms with E-state index in [-0.39, 0.29) is 44.0 Å². The lowest BCUT2D eigenvalue weighted by Crippen LogP contribution is -2.25. The highest BCUT2D eigenvalue weighted by Crippen LogP contribution is 2.32. The summed E-state index contributed by atoms with van der Waals surface area (Å²) in [6, 6.07) is 15.8. The van der Waals surface area contributed by atoms with Crippen LogP contribution in [0.3, 0.4) is 0 Å². The lowest BCUT2D eigenvalue weighted by molar-refractivity contribution is -0.116. The van der Waals surface area contributed by atoms with E-state index in [4.69, 9.17) is 13.9 Å². The van der Waals surface area contributed by atoms with Crippen LogP contribution in [0.1, 0.15) is 22.3 Å². The average Bonchev–Trinajstić information content (AvgIpc) is 3.62. The Balaban J connectivity index is 1.19.